The molecular formula is C59H112O6. The Morgan fingerprint density at radius 3 is 0.800 bits per heavy atom. The minimum atomic E-state index is -0.766. The molecule has 1 unspecified atom stereocenters. The minimum absolute atomic E-state index is 0.0695. The van der Waals surface area contributed by atoms with Crippen LogP contribution in [0.3, 0.4) is 0 Å². The number of esters is 3. The Balaban J connectivity index is 3.86. The maximum absolute atomic E-state index is 12.7. The van der Waals surface area contributed by atoms with Gasteiger partial charge in [-0.1, -0.05) is 277 Å². The molecule has 0 fully saturated rings. The molecule has 0 rings (SSSR count). The maximum Gasteiger partial charge on any atom is 0.306 e. The fraction of sp³-hybridized carbons (Fsp3) is 0.915. The van der Waals surface area contributed by atoms with Crippen LogP contribution < -0.4 is 0 Å². The molecule has 0 radical (unpaired) electrons. The van der Waals surface area contributed by atoms with Crippen molar-refractivity contribution in [2.45, 2.75) is 335 Å². The summed E-state index contributed by atoms with van der Waals surface area (Å²) in [5.41, 5.74) is 0. The predicted molar refractivity (Wildman–Crippen MR) is 280 cm³/mol. The molecule has 65 heavy (non-hydrogen) atoms. The molecule has 0 aliphatic carbocycles. The Kier molecular flexibility index (Phi) is 53.2. The van der Waals surface area contributed by atoms with Gasteiger partial charge in [-0.25, -0.2) is 0 Å². The molecule has 0 spiro atoms. The first-order valence-corrected chi connectivity index (χ1v) is 29.2. The van der Waals surface area contributed by atoms with Gasteiger partial charge in [0, 0.05) is 19.3 Å². The first kappa shape index (κ1) is 63.1. The van der Waals surface area contributed by atoms with E-state index < -0.39 is 6.10 Å². The summed E-state index contributed by atoms with van der Waals surface area (Å²) < 4.78 is 16.7. The number of hydrogen-bond donors (Lipinski definition) is 0. The maximum atomic E-state index is 12.7. The Bertz CT molecular complexity index is 1010. The number of ether oxygens (including phenoxy) is 3. The number of allylic oxidation sites excluding steroid dienone is 2. The van der Waals surface area contributed by atoms with Gasteiger partial charge in [0.15, 0.2) is 6.10 Å². The zero-order chi connectivity index (χ0) is 47.2. The molecular weight excluding hydrogens is 805 g/mol. The predicted octanol–water partition coefficient (Wildman–Crippen LogP) is 19.3. The number of carbonyl (C=O) groups excluding carboxylic acids is 3. The van der Waals surface area contributed by atoms with E-state index in [0.29, 0.717) is 19.3 Å². The summed E-state index contributed by atoms with van der Waals surface area (Å²) >= 11 is 0. The molecule has 0 heterocycles. The SMILES string of the molecule is CCCCC/C=C\CCCCCCCC(=O)OC(COC(=O)CCCCCCC)COC(=O)CCCCCCCCCCCCCCCCCCCCCCCCCCCCCCCC. The van der Waals surface area contributed by atoms with Crippen molar-refractivity contribution >= 4 is 17.9 Å². The van der Waals surface area contributed by atoms with Gasteiger partial charge in [0.05, 0.1) is 0 Å². The smallest absolute Gasteiger partial charge is 0.306 e. The zero-order valence-electron chi connectivity index (χ0n) is 44.0. The van der Waals surface area contributed by atoms with Crippen LogP contribution in [0.25, 0.3) is 0 Å². The van der Waals surface area contributed by atoms with Crippen molar-refractivity contribution < 1.29 is 28.6 Å². The van der Waals surface area contributed by atoms with Crippen molar-refractivity contribution in [3.05, 3.63) is 12.2 Å². The highest BCUT2D eigenvalue weighted by Gasteiger charge is 2.19. The number of rotatable bonds is 54. The van der Waals surface area contributed by atoms with Crippen LogP contribution in [-0.2, 0) is 28.6 Å². The van der Waals surface area contributed by atoms with Crippen LogP contribution in [-0.4, -0.2) is 37.2 Å². The molecule has 0 aromatic heterocycles. The number of hydrogen-bond acceptors (Lipinski definition) is 6. The average Bonchev–Trinajstić information content (AvgIpc) is 3.30. The highest BCUT2D eigenvalue weighted by Crippen LogP contribution is 2.18. The molecule has 0 aliphatic heterocycles. The van der Waals surface area contributed by atoms with E-state index in [1.54, 1.807) is 0 Å². The fourth-order valence-corrected chi connectivity index (χ4v) is 8.85. The van der Waals surface area contributed by atoms with Crippen molar-refractivity contribution in [2.75, 3.05) is 13.2 Å². The third-order valence-electron chi connectivity index (χ3n) is 13.3. The molecule has 0 saturated heterocycles. The van der Waals surface area contributed by atoms with Crippen molar-refractivity contribution in [3.63, 3.8) is 0 Å². The van der Waals surface area contributed by atoms with E-state index in [-0.39, 0.29) is 31.1 Å². The third kappa shape index (κ3) is 53.0. The standard InChI is InChI=1S/C59H112O6/c1-4-7-10-13-15-17-19-21-22-23-24-25-26-27-28-29-30-31-32-33-34-35-36-37-38-40-41-43-46-49-52-58(61)64-55-56(54-63-57(60)51-48-45-12-9-6-3)65-59(62)53-50-47-44-42-39-20-18-16-14-11-8-5-2/h16,18,56H,4-15,17,19-55H2,1-3H3/b18-16-. The Morgan fingerprint density at radius 1 is 0.292 bits per heavy atom. The van der Waals surface area contributed by atoms with Crippen LogP contribution in [0.2, 0.25) is 0 Å². The normalized spacial score (nSPS) is 12.0. The molecule has 0 amide bonds. The summed E-state index contributed by atoms with van der Waals surface area (Å²) in [4.78, 5) is 37.7. The van der Waals surface area contributed by atoms with Gasteiger partial charge in [0.2, 0.25) is 0 Å². The van der Waals surface area contributed by atoms with Gasteiger partial charge in [-0.15, -0.1) is 0 Å². The lowest BCUT2D eigenvalue weighted by Gasteiger charge is -2.18. The highest BCUT2D eigenvalue weighted by molar-refractivity contribution is 5.71. The molecule has 384 valence electrons. The van der Waals surface area contributed by atoms with Crippen molar-refractivity contribution in [1.82, 2.24) is 0 Å². The van der Waals surface area contributed by atoms with Gasteiger partial charge in [-0.2, -0.15) is 0 Å². The van der Waals surface area contributed by atoms with Crippen LogP contribution in [0.1, 0.15) is 329 Å². The first-order chi connectivity index (χ1) is 32.0. The Hall–Kier alpha value is -1.85. The van der Waals surface area contributed by atoms with E-state index >= 15 is 0 Å². The largest absolute Gasteiger partial charge is 0.462 e. The van der Waals surface area contributed by atoms with E-state index in [1.165, 1.54) is 218 Å². The molecule has 0 saturated carbocycles. The summed E-state index contributed by atoms with van der Waals surface area (Å²) in [7, 11) is 0. The summed E-state index contributed by atoms with van der Waals surface area (Å²) in [5, 5.41) is 0. The Labute approximate surface area is 405 Å². The Morgan fingerprint density at radius 2 is 0.508 bits per heavy atom. The van der Waals surface area contributed by atoms with E-state index in [4.69, 9.17) is 14.2 Å². The average molecular weight is 918 g/mol. The summed E-state index contributed by atoms with van der Waals surface area (Å²) in [6.07, 6.45) is 62.8. The zero-order valence-corrected chi connectivity index (χ0v) is 44.0. The lowest BCUT2D eigenvalue weighted by Crippen LogP contribution is -2.30. The van der Waals surface area contributed by atoms with Crippen molar-refractivity contribution in [1.29, 1.82) is 0 Å². The van der Waals surface area contributed by atoms with Crippen LogP contribution in [0.5, 0.6) is 0 Å². The van der Waals surface area contributed by atoms with Crippen LogP contribution in [0.15, 0.2) is 12.2 Å². The molecule has 0 aliphatic rings. The number of carbonyl (C=O) groups is 3. The van der Waals surface area contributed by atoms with Gasteiger partial charge in [0.25, 0.3) is 0 Å². The monoisotopic (exact) mass is 917 g/mol. The third-order valence-corrected chi connectivity index (χ3v) is 13.3. The van der Waals surface area contributed by atoms with E-state index in [2.05, 4.69) is 32.9 Å². The molecule has 1 atom stereocenters. The second kappa shape index (κ2) is 54.8. The van der Waals surface area contributed by atoms with Crippen molar-refractivity contribution in [2.24, 2.45) is 0 Å². The van der Waals surface area contributed by atoms with Crippen LogP contribution >= 0.6 is 0 Å². The summed E-state index contributed by atoms with van der Waals surface area (Å²) in [6, 6.07) is 0. The summed E-state index contributed by atoms with van der Waals surface area (Å²) in [5.74, 6) is -0.877. The molecule has 0 aromatic carbocycles. The highest BCUT2D eigenvalue weighted by atomic mass is 16.6. The van der Waals surface area contributed by atoms with Gasteiger partial charge < -0.3 is 14.2 Å². The molecule has 0 aromatic rings. The van der Waals surface area contributed by atoms with Gasteiger partial charge in [-0.3, -0.25) is 14.4 Å². The lowest BCUT2D eigenvalue weighted by molar-refractivity contribution is -0.167. The van der Waals surface area contributed by atoms with Gasteiger partial charge in [0.1, 0.15) is 13.2 Å². The van der Waals surface area contributed by atoms with E-state index in [9.17, 15) is 14.4 Å². The fourth-order valence-electron chi connectivity index (χ4n) is 8.85. The van der Waals surface area contributed by atoms with Gasteiger partial charge >= 0.3 is 17.9 Å². The molecule has 0 N–H and O–H groups in total. The molecule has 6 heteroatoms. The lowest BCUT2D eigenvalue weighted by atomic mass is 10.0. The summed E-state index contributed by atoms with van der Waals surface area (Å²) in [6.45, 7) is 6.57. The van der Waals surface area contributed by atoms with Gasteiger partial charge in [-0.05, 0) is 44.9 Å². The molecule has 0 bridgehead atoms. The second-order valence-electron chi connectivity index (χ2n) is 19.9. The quantitative estimate of drug-likeness (QED) is 0.0262. The van der Waals surface area contributed by atoms with E-state index in [1.807, 2.05) is 0 Å². The van der Waals surface area contributed by atoms with Crippen LogP contribution in [0, 0.1) is 0 Å². The van der Waals surface area contributed by atoms with E-state index in [0.717, 1.165) is 70.6 Å². The topological polar surface area (TPSA) is 78.9 Å². The van der Waals surface area contributed by atoms with Crippen molar-refractivity contribution in [3.8, 4) is 0 Å². The second-order valence-corrected chi connectivity index (χ2v) is 19.9. The minimum Gasteiger partial charge on any atom is -0.462 e. The first-order valence-electron chi connectivity index (χ1n) is 29.2. The molecule has 6 nitrogen and oxygen atoms in total. The van der Waals surface area contributed by atoms with Crippen LogP contribution in [0.4, 0.5) is 0 Å². The number of unbranched alkanes of at least 4 members (excludes halogenated alkanes) is 41.